The minimum atomic E-state index is -0.518. The summed E-state index contributed by atoms with van der Waals surface area (Å²) in [6.07, 6.45) is 1.52. The zero-order chi connectivity index (χ0) is 9.40. The standard InChI is InChI=1S/C6H4ClNO.CH2Cl2/c7-6(9)5-3-1-2-4-8-5;2-1-3/h1-4H;1H2. The quantitative estimate of drug-likeness (QED) is 0.544. The Kier molecular flexibility index (Phi) is 7.16. The number of aromatic nitrogens is 1. The first-order chi connectivity index (χ1) is 5.72. The van der Waals surface area contributed by atoms with E-state index in [2.05, 4.69) is 4.98 Å². The van der Waals surface area contributed by atoms with Crippen LogP contribution in [0, 0.1) is 0 Å². The van der Waals surface area contributed by atoms with Gasteiger partial charge in [0, 0.05) is 6.20 Å². The molecule has 0 atom stereocenters. The summed E-state index contributed by atoms with van der Waals surface area (Å²) < 4.78 is 0. The molecule has 0 bridgehead atoms. The molecule has 0 aliphatic carbocycles. The van der Waals surface area contributed by atoms with Crippen LogP contribution < -0.4 is 0 Å². The highest BCUT2D eigenvalue weighted by atomic mass is 35.5. The Morgan fingerprint density at radius 2 is 2.00 bits per heavy atom. The second-order valence-electron chi connectivity index (χ2n) is 1.59. The fourth-order valence-electron chi connectivity index (χ4n) is 0.479. The van der Waals surface area contributed by atoms with Crippen molar-refractivity contribution < 1.29 is 4.79 Å². The van der Waals surface area contributed by atoms with Crippen molar-refractivity contribution in [1.82, 2.24) is 4.98 Å². The molecule has 2 nitrogen and oxygen atoms in total. The monoisotopic (exact) mass is 225 g/mol. The predicted molar refractivity (Wildman–Crippen MR) is 51.0 cm³/mol. The molecule has 1 rings (SSSR count). The SMILES string of the molecule is ClCCl.O=C(Cl)c1ccccn1. The Morgan fingerprint density at radius 1 is 1.42 bits per heavy atom. The summed E-state index contributed by atoms with van der Waals surface area (Å²) >= 11 is 14.6. The molecule has 12 heavy (non-hydrogen) atoms. The van der Waals surface area contributed by atoms with Crippen molar-refractivity contribution in [3.05, 3.63) is 30.1 Å². The molecule has 1 aromatic rings. The van der Waals surface area contributed by atoms with E-state index in [9.17, 15) is 4.79 Å². The highest BCUT2D eigenvalue weighted by molar-refractivity contribution is 6.67. The van der Waals surface area contributed by atoms with Gasteiger partial charge in [0.15, 0.2) is 0 Å². The summed E-state index contributed by atoms with van der Waals surface area (Å²) in [6, 6.07) is 5.00. The normalized spacial score (nSPS) is 8.25. The summed E-state index contributed by atoms with van der Waals surface area (Å²) in [6.45, 7) is 0. The first-order valence-corrected chi connectivity index (χ1v) is 4.40. The van der Waals surface area contributed by atoms with E-state index < -0.39 is 5.24 Å². The van der Waals surface area contributed by atoms with Crippen LogP contribution in [-0.4, -0.2) is 15.6 Å². The number of pyridine rings is 1. The van der Waals surface area contributed by atoms with Crippen molar-refractivity contribution in [1.29, 1.82) is 0 Å². The highest BCUT2D eigenvalue weighted by Crippen LogP contribution is 1.96. The molecular formula is C7H6Cl3NO. The number of nitrogens with zero attached hydrogens (tertiary/aromatic N) is 1. The van der Waals surface area contributed by atoms with Crippen molar-refractivity contribution in [2.24, 2.45) is 0 Å². The van der Waals surface area contributed by atoms with Crippen LogP contribution in [0.4, 0.5) is 0 Å². The Labute approximate surface area is 85.5 Å². The van der Waals surface area contributed by atoms with E-state index in [0.29, 0.717) is 5.69 Å². The average Bonchev–Trinajstić information content (AvgIpc) is 2.07. The van der Waals surface area contributed by atoms with Crippen molar-refractivity contribution in [2.45, 2.75) is 0 Å². The number of carbonyl (C=O) groups is 1. The van der Waals surface area contributed by atoms with Crippen LogP contribution in [0.2, 0.25) is 0 Å². The Hall–Kier alpha value is -0.310. The van der Waals surface area contributed by atoms with Crippen LogP contribution in [0.5, 0.6) is 0 Å². The van der Waals surface area contributed by atoms with Gasteiger partial charge in [-0.25, -0.2) is 0 Å². The molecule has 66 valence electrons. The number of hydrogen-bond acceptors (Lipinski definition) is 2. The van der Waals surface area contributed by atoms with Crippen LogP contribution in [0.1, 0.15) is 10.5 Å². The van der Waals surface area contributed by atoms with Crippen LogP contribution in [0.3, 0.4) is 0 Å². The molecular weight excluding hydrogens is 220 g/mol. The van der Waals surface area contributed by atoms with Crippen molar-refractivity contribution >= 4 is 40.0 Å². The molecule has 0 aromatic carbocycles. The van der Waals surface area contributed by atoms with Crippen molar-refractivity contribution in [3.8, 4) is 0 Å². The van der Waals surface area contributed by atoms with E-state index in [4.69, 9.17) is 34.8 Å². The maximum Gasteiger partial charge on any atom is 0.270 e. The fraction of sp³-hybridized carbons (Fsp3) is 0.143. The average molecular weight is 226 g/mol. The lowest BCUT2D eigenvalue weighted by atomic mass is 10.4. The third kappa shape index (κ3) is 5.35. The van der Waals surface area contributed by atoms with E-state index >= 15 is 0 Å². The molecule has 0 radical (unpaired) electrons. The first-order valence-electron chi connectivity index (χ1n) is 2.95. The number of rotatable bonds is 1. The minimum Gasteiger partial charge on any atom is -0.274 e. The van der Waals surface area contributed by atoms with Gasteiger partial charge in [0.1, 0.15) is 5.69 Å². The van der Waals surface area contributed by atoms with Gasteiger partial charge in [0.25, 0.3) is 5.24 Å². The smallest absolute Gasteiger partial charge is 0.270 e. The van der Waals surface area contributed by atoms with Gasteiger partial charge in [-0.1, -0.05) is 6.07 Å². The highest BCUT2D eigenvalue weighted by Gasteiger charge is 1.98. The second kappa shape index (κ2) is 7.35. The fourth-order valence-corrected chi connectivity index (χ4v) is 0.591. The van der Waals surface area contributed by atoms with Gasteiger partial charge in [-0.05, 0) is 23.7 Å². The summed E-state index contributed by atoms with van der Waals surface area (Å²) in [7, 11) is 0. The largest absolute Gasteiger partial charge is 0.274 e. The zero-order valence-corrected chi connectivity index (χ0v) is 8.27. The Bertz CT molecular complexity index is 227. The third-order valence-electron chi connectivity index (χ3n) is 0.866. The zero-order valence-electron chi connectivity index (χ0n) is 6.01. The van der Waals surface area contributed by atoms with E-state index in [1.54, 1.807) is 18.2 Å². The Morgan fingerprint density at radius 3 is 2.25 bits per heavy atom. The van der Waals surface area contributed by atoms with Gasteiger partial charge in [-0.3, -0.25) is 9.78 Å². The molecule has 0 unspecified atom stereocenters. The van der Waals surface area contributed by atoms with Crippen molar-refractivity contribution in [3.63, 3.8) is 0 Å². The topological polar surface area (TPSA) is 30.0 Å². The van der Waals surface area contributed by atoms with Gasteiger partial charge in [-0.15, -0.1) is 23.2 Å². The van der Waals surface area contributed by atoms with E-state index in [1.165, 1.54) is 6.20 Å². The number of hydrogen-bond donors (Lipinski definition) is 0. The summed E-state index contributed by atoms with van der Waals surface area (Å²) in [5.41, 5.74) is 0.291. The van der Waals surface area contributed by atoms with E-state index in [1.807, 2.05) is 0 Å². The molecule has 0 saturated heterocycles. The predicted octanol–water partition coefficient (Wildman–Crippen LogP) is 2.88. The second-order valence-corrected chi connectivity index (χ2v) is 2.74. The van der Waals surface area contributed by atoms with Gasteiger partial charge >= 0.3 is 0 Å². The number of carbonyl (C=O) groups excluding carboxylic acids is 1. The molecule has 0 amide bonds. The van der Waals surface area contributed by atoms with Gasteiger partial charge in [-0.2, -0.15) is 0 Å². The van der Waals surface area contributed by atoms with E-state index in [0.717, 1.165) is 0 Å². The van der Waals surface area contributed by atoms with Crippen LogP contribution in [0.25, 0.3) is 0 Å². The molecule has 0 fully saturated rings. The van der Waals surface area contributed by atoms with Crippen LogP contribution >= 0.6 is 34.8 Å². The maximum atomic E-state index is 10.3. The lowest BCUT2D eigenvalue weighted by Gasteiger charge is -1.86. The summed E-state index contributed by atoms with van der Waals surface area (Å²) in [5, 5.41) is -0.324. The Balaban J connectivity index is 0.000000354. The van der Waals surface area contributed by atoms with Crippen LogP contribution in [-0.2, 0) is 0 Å². The van der Waals surface area contributed by atoms with E-state index in [-0.39, 0.29) is 5.34 Å². The van der Waals surface area contributed by atoms with Gasteiger partial charge < -0.3 is 0 Å². The molecule has 0 spiro atoms. The molecule has 0 aliphatic heterocycles. The lowest BCUT2D eigenvalue weighted by molar-refractivity contribution is 0.107. The molecule has 5 heteroatoms. The molecule has 0 saturated carbocycles. The third-order valence-corrected chi connectivity index (χ3v) is 1.06. The van der Waals surface area contributed by atoms with Gasteiger partial charge in [0.05, 0.1) is 5.34 Å². The van der Waals surface area contributed by atoms with Gasteiger partial charge in [0.2, 0.25) is 0 Å². The maximum absolute atomic E-state index is 10.3. The first kappa shape index (κ1) is 11.7. The van der Waals surface area contributed by atoms with Crippen molar-refractivity contribution in [2.75, 3.05) is 5.34 Å². The lowest BCUT2D eigenvalue weighted by Crippen LogP contribution is -1.90. The number of halogens is 3. The molecule has 1 heterocycles. The summed E-state index contributed by atoms with van der Waals surface area (Å²) in [4.78, 5) is 14.0. The summed E-state index contributed by atoms with van der Waals surface area (Å²) in [5.74, 6) is 0. The molecule has 1 aromatic heterocycles. The minimum absolute atomic E-state index is 0.194. The number of alkyl halides is 2. The molecule has 0 aliphatic rings. The van der Waals surface area contributed by atoms with Crippen LogP contribution in [0.15, 0.2) is 24.4 Å². The molecule has 0 N–H and O–H groups in total.